The zero-order chi connectivity index (χ0) is 14.3. The van der Waals surface area contributed by atoms with Crippen LogP contribution in [0.25, 0.3) is 6.08 Å². The van der Waals surface area contributed by atoms with Crippen molar-refractivity contribution in [3.8, 4) is 5.75 Å². The fourth-order valence-electron chi connectivity index (χ4n) is 1.54. The minimum absolute atomic E-state index is 0.0558. The van der Waals surface area contributed by atoms with Crippen LogP contribution >= 0.6 is 0 Å². The molecule has 0 radical (unpaired) electrons. The van der Waals surface area contributed by atoms with Gasteiger partial charge in [-0.1, -0.05) is 26.0 Å². The van der Waals surface area contributed by atoms with Gasteiger partial charge < -0.3 is 15.2 Å². The van der Waals surface area contributed by atoms with Crippen molar-refractivity contribution >= 4 is 12.0 Å². The first-order chi connectivity index (χ1) is 9.06. The second kappa shape index (κ2) is 7.59. The van der Waals surface area contributed by atoms with Crippen LogP contribution < -0.4 is 10.1 Å². The minimum atomic E-state index is -0.215. The van der Waals surface area contributed by atoms with Crippen LogP contribution in [0.3, 0.4) is 0 Å². The molecule has 1 aromatic carbocycles. The molecule has 4 nitrogen and oxygen atoms in total. The predicted molar refractivity (Wildman–Crippen MR) is 75.9 cm³/mol. The molecule has 0 saturated heterocycles. The van der Waals surface area contributed by atoms with Gasteiger partial charge in [-0.05, 0) is 29.7 Å². The molecule has 0 saturated carbocycles. The quantitative estimate of drug-likeness (QED) is 0.770. The van der Waals surface area contributed by atoms with E-state index in [2.05, 4.69) is 5.32 Å². The third-order valence-corrected chi connectivity index (χ3v) is 2.87. The van der Waals surface area contributed by atoms with Gasteiger partial charge in [0.1, 0.15) is 5.75 Å². The number of benzene rings is 1. The Morgan fingerprint density at radius 2 is 2.00 bits per heavy atom. The van der Waals surface area contributed by atoms with Crippen molar-refractivity contribution in [2.75, 3.05) is 13.7 Å². The highest BCUT2D eigenvalue weighted by Crippen LogP contribution is 2.12. The molecule has 0 aliphatic rings. The van der Waals surface area contributed by atoms with Crippen molar-refractivity contribution in [2.24, 2.45) is 5.92 Å². The Bertz CT molecular complexity index is 424. The Labute approximate surface area is 114 Å². The van der Waals surface area contributed by atoms with E-state index in [4.69, 9.17) is 9.84 Å². The van der Waals surface area contributed by atoms with Crippen molar-refractivity contribution < 1.29 is 14.6 Å². The molecule has 1 aromatic rings. The number of hydrogen-bond acceptors (Lipinski definition) is 3. The maximum absolute atomic E-state index is 11.7. The molecule has 1 amide bonds. The van der Waals surface area contributed by atoms with Crippen LogP contribution in [0.1, 0.15) is 19.4 Å². The second-order valence-corrected chi connectivity index (χ2v) is 4.65. The zero-order valence-electron chi connectivity index (χ0n) is 11.6. The lowest BCUT2D eigenvalue weighted by atomic mass is 10.1. The average molecular weight is 263 g/mol. The molecule has 19 heavy (non-hydrogen) atoms. The molecule has 0 unspecified atom stereocenters. The third-order valence-electron chi connectivity index (χ3n) is 2.87. The molecular weight excluding hydrogens is 242 g/mol. The molecule has 0 fully saturated rings. The van der Waals surface area contributed by atoms with Gasteiger partial charge in [-0.15, -0.1) is 0 Å². The lowest BCUT2D eigenvalue weighted by molar-refractivity contribution is -0.117. The summed E-state index contributed by atoms with van der Waals surface area (Å²) in [5, 5.41) is 11.9. The number of amides is 1. The van der Waals surface area contributed by atoms with Crippen LogP contribution in [0.5, 0.6) is 5.75 Å². The molecule has 0 aliphatic heterocycles. The number of carbonyl (C=O) groups is 1. The second-order valence-electron chi connectivity index (χ2n) is 4.65. The van der Waals surface area contributed by atoms with Gasteiger partial charge in [-0.25, -0.2) is 0 Å². The standard InChI is InChI=1S/C15H21NO3/c1-11(2)14(10-17)16-15(18)9-6-12-4-7-13(19-3)8-5-12/h4-9,11,14,17H,10H2,1-3H3,(H,16,18)/t14-/m1/s1. The van der Waals surface area contributed by atoms with Gasteiger partial charge in [0, 0.05) is 6.08 Å². The fraction of sp³-hybridized carbons (Fsp3) is 0.400. The number of ether oxygens (including phenoxy) is 1. The molecule has 1 atom stereocenters. The first kappa shape index (κ1) is 15.2. The molecule has 0 bridgehead atoms. The van der Waals surface area contributed by atoms with Crippen LogP contribution in [-0.4, -0.2) is 30.8 Å². The van der Waals surface area contributed by atoms with Gasteiger partial charge in [-0.3, -0.25) is 4.79 Å². The summed E-state index contributed by atoms with van der Waals surface area (Å²) in [6.07, 6.45) is 3.19. The summed E-state index contributed by atoms with van der Waals surface area (Å²) in [5.41, 5.74) is 0.918. The Hall–Kier alpha value is -1.81. The number of aliphatic hydroxyl groups excluding tert-OH is 1. The summed E-state index contributed by atoms with van der Waals surface area (Å²) in [7, 11) is 1.61. The first-order valence-corrected chi connectivity index (χ1v) is 6.30. The number of rotatable bonds is 6. The molecule has 4 heteroatoms. The normalized spacial score (nSPS) is 12.7. The van der Waals surface area contributed by atoms with Gasteiger partial charge in [0.2, 0.25) is 5.91 Å². The van der Waals surface area contributed by atoms with Crippen molar-refractivity contribution in [3.63, 3.8) is 0 Å². The Kier molecular flexibility index (Phi) is 6.09. The molecule has 2 N–H and O–H groups in total. The Balaban J connectivity index is 2.57. The molecule has 0 aliphatic carbocycles. The van der Waals surface area contributed by atoms with Crippen LogP contribution in [-0.2, 0) is 4.79 Å². The van der Waals surface area contributed by atoms with E-state index in [9.17, 15) is 4.79 Å². The van der Waals surface area contributed by atoms with E-state index in [0.29, 0.717) is 0 Å². The number of hydrogen-bond donors (Lipinski definition) is 2. The molecule has 104 valence electrons. The summed E-state index contributed by atoms with van der Waals surface area (Å²) in [6, 6.07) is 7.20. The molecule has 1 rings (SSSR count). The van der Waals surface area contributed by atoms with Gasteiger partial charge in [-0.2, -0.15) is 0 Å². The highest BCUT2D eigenvalue weighted by Gasteiger charge is 2.13. The van der Waals surface area contributed by atoms with Crippen LogP contribution in [0, 0.1) is 5.92 Å². The van der Waals surface area contributed by atoms with Gasteiger partial charge >= 0.3 is 0 Å². The predicted octanol–water partition coefficient (Wildman–Crippen LogP) is 1.84. The van der Waals surface area contributed by atoms with Gasteiger partial charge in [0.15, 0.2) is 0 Å². The lowest BCUT2D eigenvalue weighted by Crippen LogP contribution is -2.40. The zero-order valence-corrected chi connectivity index (χ0v) is 11.6. The fourth-order valence-corrected chi connectivity index (χ4v) is 1.54. The lowest BCUT2D eigenvalue weighted by Gasteiger charge is -2.18. The topological polar surface area (TPSA) is 58.6 Å². The number of nitrogens with one attached hydrogen (secondary N) is 1. The molecule has 0 heterocycles. The van der Waals surface area contributed by atoms with E-state index in [1.807, 2.05) is 38.1 Å². The van der Waals surface area contributed by atoms with Crippen molar-refractivity contribution in [1.29, 1.82) is 0 Å². The van der Waals surface area contributed by atoms with E-state index in [1.54, 1.807) is 13.2 Å². The number of carbonyl (C=O) groups excluding carboxylic acids is 1. The number of aliphatic hydroxyl groups is 1. The summed E-state index contributed by atoms with van der Waals surface area (Å²) in [5.74, 6) is 0.772. The SMILES string of the molecule is COc1ccc(C=CC(=O)N[C@H](CO)C(C)C)cc1. The smallest absolute Gasteiger partial charge is 0.244 e. The highest BCUT2D eigenvalue weighted by molar-refractivity contribution is 5.91. The Morgan fingerprint density at radius 1 is 1.37 bits per heavy atom. The average Bonchev–Trinajstić information content (AvgIpc) is 2.42. The maximum atomic E-state index is 11.7. The summed E-state index contributed by atoms with van der Waals surface area (Å²) in [6.45, 7) is 3.85. The third kappa shape index (κ3) is 5.14. The molecular formula is C15H21NO3. The van der Waals surface area contributed by atoms with Crippen LogP contribution in [0.15, 0.2) is 30.3 Å². The van der Waals surface area contributed by atoms with Gasteiger partial charge in [0.25, 0.3) is 0 Å². The van der Waals surface area contributed by atoms with Crippen molar-refractivity contribution in [1.82, 2.24) is 5.32 Å². The Morgan fingerprint density at radius 3 is 2.47 bits per heavy atom. The monoisotopic (exact) mass is 263 g/mol. The minimum Gasteiger partial charge on any atom is -0.497 e. The van der Waals surface area contributed by atoms with E-state index >= 15 is 0 Å². The van der Waals surface area contributed by atoms with E-state index in [0.717, 1.165) is 11.3 Å². The van der Waals surface area contributed by atoms with Crippen molar-refractivity contribution in [2.45, 2.75) is 19.9 Å². The van der Waals surface area contributed by atoms with Gasteiger partial charge in [0.05, 0.1) is 19.8 Å². The van der Waals surface area contributed by atoms with Crippen LogP contribution in [0.2, 0.25) is 0 Å². The maximum Gasteiger partial charge on any atom is 0.244 e. The summed E-state index contributed by atoms with van der Waals surface area (Å²) >= 11 is 0. The molecule has 0 aromatic heterocycles. The summed E-state index contributed by atoms with van der Waals surface area (Å²) < 4.78 is 5.06. The summed E-state index contributed by atoms with van der Waals surface area (Å²) in [4.78, 5) is 11.7. The largest absolute Gasteiger partial charge is 0.497 e. The van der Waals surface area contributed by atoms with Crippen LogP contribution in [0.4, 0.5) is 0 Å². The van der Waals surface area contributed by atoms with Crippen molar-refractivity contribution in [3.05, 3.63) is 35.9 Å². The first-order valence-electron chi connectivity index (χ1n) is 6.30. The van der Waals surface area contributed by atoms with E-state index < -0.39 is 0 Å². The van der Waals surface area contributed by atoms with E-state index in [1.165, 1.54) is 6.08 Å². The molecule has 0 spiro atoms. The van der Waals surface area contributed by atoms with E-state index in [-0.39, 0.29) is 24.5 Å². The highest BCUT2D eigenvalue weighted by atomic mass is 16.5. The number of methoxy groups -OCH3 is 1.